The molecule has 124 valence electrons. The summed E-state index contributed by atoms with van der Waals surface area (Å²) in [6.07, 6.45) is 0.703. The van der Waals surface area contributed by atoms with Crippen molar-refractivity contribution < 1.29 is 14.3 Å². The normalized spacial score (nSPS) is 12.9. The molecular formula is C17H23N3O3. The summed E-state index contributed by atoms with van der Waals surface area (Å²) >= 11 is 0. The maximum atomic E-state index is 12.3. The summed E-state index contributed by atoms with van der Waals surface area (Å²) < 4.78 is 5.35. The number of rotatable bonds is 5. The van der Waals surface area contributed by atoms with E-state index in [1.165, 1.54) is 0 Å². The molecule has 0 aliphatic carbocycles. The van der Waals surface area contributed by atoms with Crippen LogP contribution in [0.3, 0.4) is 0 Å². The number of carbonyl (C=O) groups excluding carboxylic acids is 1. The van der Waals surface area contributed by atoms with Gasteiger partial charge in [0.2, 0.25) is 11.8 Å². The molecular weight excluding hydrogens is 294 g/mol. The molecule has 0 aliphatic rings. The Morgan fingerprint density at radius 3 is 2.39 bits per heavy atom. The molecule has 0 fully saturated rings. The van der Waals surface area contributed by atoms with Crippen LogP contribution in [0.1, 0.15) is 43.4 Å². The van der Waals surface area contributed by atoms with Crippen molar-refractivity contribution in [3.05, 3.63) is 35.7 Å². The fourth-order valence-corrected chi connectivity index (χ4v) is 2.35. The Hall–Kier alpha value is -2.21. The average Bonchev–Trinajstić information content (AvgIpc) is 2.92. The van der Waals surface area contributed by atoms with Gasteiger partial charge in [-0.25, -0.2) is 0 Å². The summed E-state index contributed by atoms with van der Waals surface area (Å²) in [5.41, 5.74) is 1.31. The Morgan fingerprint density at radius 1 is 1.26 bits per heavy atom. The Kier molecular flexibility index (Phi) is 5.15. The van der Waals surface area contributed by atoms with Crippen LogP contribution in [0, 0.1) is 12.3 Å². The Bertz CT molecular complexity index is 656. The number of aryl methyl sites for hydroxylation is 1. The van der Waals surface area contributed by atoms with Crippen LogP contribution in [-0.4, -0.2) is 33.9 Å². The summed E-state index contributed by atoms with van der Waals surface area (Å²) in [6, 6.07) is 6.67. The molecule has 6 heteroatoms. The van der Waals surface area contributed by atoms with Crippen LogP contribution in [0.2, 0.25) is 0 Å². The number of hydrogen-bond acceptors (Lipinski definition) is 5. The van der Waals surface area contributed by atoms with Crippen molar-refractivity contribution in [2.24, 2.45) is 5.41 Å². The standard InChI is InChI=1S/C17H23N3O3/c1-11-19-20-16(23-11)13-7-5-12(6-8-13)15(22)18-14(10-21)9-17(2,3)4/h5-8,14,21H,9-10H2,1-4H3,(H,18,22). The highest BCUT2D eigenvalue weighted by molar-refractivity contribution is 5.94. The second-order valence-electron chi connectivity index (χ2n) is 6.82. The summed E-state index contributed by atoms with van der Waals surface area (Å²) in [6.45, 7) is 7.86. The van der Waals surface area contributed by atoms with Gasteiger partial charge in [0, 0.05) is 18.1 Å². The van der Waals surface area contributed by atoms with Crippen molar-refractivity contribution in [2.75, 3.05) is 6.61 Å². The molecule has 2 aromatic rings. The van der Waals surface area contributed by atoms with Gasteiger partial charge in [0.25, 0.3) is 5.91 Å². The van der Waals surface area contributed by atoms with Crippen molar-refractivity contribution >= 4 is 5.91 Å². The van der Waals surface area contributed by atoms with E-state index in [0.29, 0.717) is 23.8 Å². The van der Waals surface area contributed by atoms with Gasteiger partial charge in [0.15, 0.2) is 0 Å². The minimum atomic E-state index is -0.263. The van der Waals surface area contributed by atoms with Gasteiger partial charge in [-0.15, -0.1) is 10.2 Å². The second-order valence-corrected chi connectivity index (χ2v) is 6.82. The zero-order valence-electron chi connectivity index (χ0n) is 14.0. The molecule has 1 aromatic carbocycles. The van der Waals surface area contributed by atoms with Gasteiger partial charge in [-0.3, -0.25) is 4.79 Å². The van der Waals surface area contributed by atoms with E-state index in [4.69, 9.17) is 4.42 Å². The third-order valence-corrected chi connectivity index (χ3v) is 3.33. The summed E-state index contributed by atoms with van der Waals surface area (Å²) in [7, 11) is 0. The molecule has 0 spiro atoms. The fourth-order valence-electron chi connectivity index (χ4n) is 2.35. The fraction of sp³-hybridized carbons (Fsp3) is 0.471. The Balaban J connectivity index is 2.05. The van der Waals surface area contributed by atoms with Crippen molar-refractivity contribution in [3.63, 3.8) is 0 Å². The number of amides is 1. The number of benzene rings is 1. The van der Waals surface area contributed by atoms with Gasteiger partial charge in [-0.2, -0.15) is 0 Å². The Labute approximate surface area is 135 Å². The minimum absolute atomic E-state index is 0.0281. The first-order valence-corrected chi connectivity index (χ1v) is 7.61. The minimum Gasteiger partial charge on any atom is -0.421 e. The van der Waals surface area contributed by atoms with Gasteiger partial charge in [0.05, 0.1) is 12.6 Å². The van der Waals surface area contributed by atoms with Crippen LogP contribution in [0.4, 0.5) is 0 Å². The lowest BCUT2D eigenvalue weighted by Gasteiger charge is -2.25. The molecule has 0 saturated carbocycles. The number of aromatic nitrogens is 2. The van der Waals surface area contributed by atoms with E-state index in [2.05, 4.69) is 36.3 Å². The first-order valence-electron chi connectivity index (χ1n) is 7.61. The van der Waals surface area contributed by atoms with Gasteiger partial charge in [-0.1, -0.05) is 20.8 Å². The predicted octanol–water partition coefficient (Wildman–Crippen LogP) is 2.57. The number of hydrogen-bond donors (Lipinski definition) is 2. The van der Waals surface area contributed by atoms with Gasteiger partial charge < -0.3 is 14.8 Å². The third kappa shape index (κ3) is 4.89. The number of nitrogens with one attached hydrogen (secondary N) is 1. The molecule has 23 heavy (non-hydrogen) atoms. The molecule has 2 rings (SSSR count). The van der Waals surface area contributed by atoms with Crippen molar-refractivity contribution in [2.45, 2.75) is 40.2 Å². The molecule has 0 aliphatic heterocycles. The number of aliphatic hydroxyl groups excluding tert-OH is 1. The Morgan fingerprint density at radius 2 is 1.91 bits per heavy atom. The van der Waals surface area contributed by atoms with Crippen molar-refractivity contribution in [1.29, 1.82) is 0 Å². The maximum Gasteiger partial charge on any atom is 0.251 e. The third-order valence-electron chi connectivity index (χ3n) is 3.33. The van der Waals surface area contributed by atoms with Gasteiger partial charge >= 0.3 is 0 Å². The summed E-state index contributed by atoms with van der Waals surface area (Å²) in [5.74, 6) is 0.715. The van der Waals surface area contributed by atoms with E-state index in [-0.39, 0.29) is 24.0 Å². The topological polar surface area (TPSA) is 88.2 Å². The van der Waals surface area contributed by atoms with Crippen LogP contribution in [0.15, 0.2) is 28.7 Å². The molecule has 2 N–H and O–H groups in total. The van der Waals surface area contributed by atoms with Crippen LogP contribution in [-0.2, 0) is 0 Å². The lowest BCUT2D eigenvalue weighted by Crippen LogP contribution is -2.40. The highest BCUT2D eigenvalue weighted by Gasteiger charge is 2.20. The van der Waals surface area contributed by atoms with Crippen molar-refractivity contribution in [1.82, 2.24) is 15.5 Å². The number of nitrogens with zero attached hydrogens (tertiary/aromatic N) is 2. The van der Waals surface area contributed by atoms with E-state index < -0.39 is 0 Å². The van der Waals surface area contributed by atoms with Crippen LogP contribution in [0.25, 0.3) is 11.5 Å². The monoisotopic (exact) mass is 317 g/mol. The molecule has 6 nitrogen and oxygen atoms in total. The van der Waals surface area contributed by atoms with E-state index >= 15 is 0 Å². The van der Waals surface area contributed by atoms with Crippen LogP contribution in [0.5, 0.6) is 0 Å². The molecule has 0 radical (unpaired) electrons. The molecule has 1 unspecified atom stereocenters. The molecule has 1 heterocycles. The summed E-state index contributed by atoms with van der Waals surface area (Å²) in [5, 5.41) is 20.0. The van der Waals surface area contributed by atoms with E-state index in [0.717, 1.165) is 5.56 Å². The second kappa shape index (κ2) is 6.91. The van der Waals surface area contributed by atoms with E-state index in [1.807, 2.05) is 0 Å². The maximum absolute atomic E-state index is 12.3. The molecule has 1 aromatic heterocycles. The summed E-state index contributed by atoms with van der Waals surface area (Å²) in [4.78, 5) is 12.3. The highest BCUT2D eigenvalue weighted by atomic mass is 16.4. The van der Waals surface area contributed by atoms with Crippen LogP contribution < -0.4 is 5.32 Å². The SMILES string of the molecule is Cc1nnc(-c2ccc(C(=O)NC(CO)CC(C)(C)C)cc2)o1. The lowest BCUT2D eigenvalue weighted by molar-refractivity contribution is 0.0897. The van der Waals surface area contributed by atoms with E-state index in [1.54, 1.807) is 31.2 Å². The first kappa shape index (κ1) is 17.1. The molecule has 1 atom stereocenters. The lowest BCUT2D eigenvalue weighted by atomic mass is 9.88. The van der Waals surface area contributed by atoms with Crippen molar-refractivity contribution in [3.8, 4) is 11.5 Å². The smallest absolute Gasteiger partial charge is 0.251 e. The first-order chi connectivity index (χ1) is 10.8. The van der Waals surface area contributed by atoms with E-state index in [9.17, 15) is 9.90 Å². The number of aliphatic hydroxyl groups is 1. The highest BCUT2D eigenvalue weighted by Crippen LogP contribution is 2.21. The predicted molar refractivity (Wildman–Crippen MR) is 86.9 cm³/mol. The zero-order chi connectivity index (χ0) is 17.0. The average molecular weight is 317 g/mol. The molecule has 0 bridgehead atoms. The van der Waals surface area contributed by atoms with Crippen LogP contribution >= 0.6 is 0 Å². The zero-order valence-corrected chi connectivity index (χ0v) is 14.0. The van der Waals surface area contributed by atoms with Gasteiger partial charge in [-0.05, 0) is 36.1 Å². The quantitative estimate of drug-likeness (QED) is 0.885. The number of carbonyl (C=O) groups is 1. The molecule has 0 saturated heterocycles. The largest absolute Gasteiger partial charge is 0.421 e. The van der Waals surface area contributed by atoms with Gasteiger partial charge in [0.1, 0.15) is 0 Å². The molecule has 1 amide bonds.